The lowest BCUT2D eigenvalue weighted by atomic mass is 9.45. The molecule has 14 atom stereocenters. The van der Waals surface area contributed by atoms with Crippen LogP contribution in [0.15, 0.2) is 54.1 Å². The lowest BCUT2D eigenvalue weighted by molar-refractivity contribution is -0.194. The maximum Gasteiger partial charge on any atom is 0.159 e. The first-order chi connectivity index (χ1) is 23.2. The van der Waals surface area contributed by atoms with E-state index in [-0.39, 0.29) is 46.7 Å². The van der Waals surface area contributed by atoms with Crippen LogP contribution in [0.25, 0.3) is 0 Å². The minimum atomic E-state index is -1.52. The summed E-state index contributed by atoms with van der Waals surface area (Å²) < 4.78 is 12.8. The van der Waals surface area contributed by atoms with Crippen LogP contribution in [0.4, 0.5) is 0 Å². The topological polar surface area (TPSA) is 128 Å². The van der Waals surface area contributed by atoms with E-state index in [1.807, 2.05) is 6.07 Å². The van der Waals surface area contributed by atoms with E-state index in [0.717, 1.165) is 24.8 Å². The summed E-state index contributed by atoms with van der Waals surface area (Å²) in [5, 5.41) is 50.0. The van der Waals surface area contributed by atoms with Gasteiger partial charge in [-0.05, 0) is 99.2 Å². The van der Waals surface area contributed by atoms with Crippen LogP contribution in [0.5, 0.6) is 0 Å². The summed E-state index contributed by atoms with van der Waals surface area (Å²) in [6.45, 7) is 12.0. The van der Waals surface area contributed by atoms with Gasteiger partial charge >= 0.3 is 0 Å². The molecule has 4 fully saturated rings. The number of carbonyl (C=O) groups is 1. The van der Waals surface area contributed by atoms with Gasteiger partial charge in [-0.2, -0.15) is 0 Å². The first-order valence-electron chi connectivity index (χ1n) is 18.9. The number of carbonyl (C=O) groups excluding carboxylic acids is 1. The van der Waals surface area contributed by atoms with Crippen molar-refractivity contribution >= 4 is 5.78 Å². The van der Waals surface area contributed by atoms with Crippen molar-refractivity contribution in [3.63, 3.8) is 0 Å². The van der Waals surface area contributed by atoms with Gasteiger partial charge in [-0.15, -0.1) is 0 Å². The SMILES string of the molecule is C[C@H](O)CNC[C@H]1[C@@H]([C@@H](O)[C@@](C)(O)[C@@H]2CC[C@]3(O)C4=CC(=O)[C@H]5C[C@]6(C=C[C@H](c7ccccc7)CO6)CC[C@]5(C)[C@@H]4CC[C@]23C)OC[C@H]1C. The molecule has 1 saturated heterocycles. The molecule has 49 heavy (non-hydrogen) atoms. The zero-order valence-electron chi connectivity index (χ0n) is 30.1. The second kappa shape index (κ2) is 12.6. The van der Waals surface area contributed by atoms with Gasteiger partial charge in [-0.1, -0.05) is 63.3 Å². The lowest BCUT2D eigenvalue weighted by Gasteiger charge is -2.61. The van der Waals surface area contributed by atoms with Crippen LogP contribution in [0.3, 0.4) is 0 Å². The average molecular weight is 678 g/mol. The van der Waals surface area contributed by atoms with Crippen LogP contribution in [0.1, 0.15) is 91.0 Å². The van der Waals surface area contributed by atoms with E-state index in [1.54, 1.807) is 19.9 Å². The Morgan fingerprint density at radius 1 is 1.04 bits per heavy atom. The number of allylic oxidation sites excluding steroid dienone is 1. The van der Waals surface area contributed by atoms with Crippen molar-refractivity contribution in [3.05, 3.63) is 59.7 Å². The highest BCUT2D eigenvalue weighted by molar-refractivity contribution is 5.95. The number of ketones is 1. The van der Waals surface area contributed by atoms with Crippen LogP contribution >= 0.6 is 0 Å². The Kier molecular flexibility index (Phi) is 9.16. The van der Waals surface area contributed by atoms with Crippen molar-refractivity contribution in [1.29, 1.82) is 0 Å². The Morgan fingerprint density at radius 2 is 1.80 bits per heavy atom. The molecule has 2 aliphatic heterocycles. The summed E-state index contributed by atoms with van der Waals surface area (Å²) in [5.74, 6) is -0.0290. The zero-order valence-corrected chi connectivity index (χ0v) is 30.1. The molecule has 270 valence electrons. The largest absolute Gasteiger partial charge is 0.392 e. The van der Waals surface area contributed by atoms with Gasteiger partial charge in [-0.25, -0.2) is 0 Å². The van der Waals surface area contributed by atoms with Gasteiger partial charge < -0.3 is 35.2 Å². The summed E-state index contributed by atoms with van der Waals surface area (Å²) in [4.78, 5) is 14.2. The molecular weight excluding hydrogens is 618 g/mol. The van der Waals surface area contributed by atoms with Crippen LogP contribution in [0, 0.1) is 40.4 Å². The number of ether oxygens (including phenoxy) is 2. The quantitative estimate of drug-likeness (QED) is 0.251. The second-order valence-corrected chi connectivity index (χ2v) is 17.6. The Bertz CT molecular complexity index is 1460. The van der Waals surface area contributed by atoms with E-state index in [0.29, 0.717) is 52.0 Å². The highest BCUT2D eigenvalue weighted by Crippen LogP contribution is 2.69. The fourth-order valence-electron chi connectivity index (χ4n) is 11.6. The zero-order chi connectivity index (χ0) is 35.0. The summed E-state index contributed by atoms with van der Waals surface area (Å²) >= 11 is 0. The fourth-order valence-corrected chi connectivity index (χ4v) is 11.6. The summed E-state index contributed by atoms with van der Waals surface area (Å²) in [5.41, 5.74) is -2.10. The highest BCUT2D eigenvalue weighted by Gasteiger charge is 2.70. The molecule has 0 amide bonds. The second-order valence-electron chi connectivity index (χ2n) is 17.6. The maximum atomic E-state index is 14.2. The molecule has 0 aromatic heterocycles. The van der Waals surface area contributed by atoms with Crippen molar-refractivity contribution in [1.82, 2.24) is 5.32 Å². The van der Waals surface area contributed by atoms with Crippen molar-refractivity contribution in [2.45, 2.75) is 121 Å². The summed E-state index contributed by atoms with van der Waals surface area (Å²) in [6.07, 6.45) is 8.98. The van der Waals surface area contributed by atoms with Gasteiger partial charge in [-0.3, -0.25) is 4.79 Å². The third-order valence-corrected chi connectivity index (χ3v) is 14.7. The van der Waals surface area contributed by atoms with E-state index in [9.17, 15) is 25.2 Å². The van der Waals surface area contributed by atoms with E-state index in [2.05, 4.69) is 62.5 Å². The average Bonchev–Trinajstić information content (AvgIpc) is 3.58. The van der Waals surface area contributed by atoms with Crippen molar-refractivity contribution in [2.75, 3.05) is 26.3 Å². The summed E-state index contributed by atoms with van der Waals surface area (Å²) in [7, 11) is 0. The number of nitrogens with one attached hydrogen (secondary N) is 1. The third-order valence-electron chi connectivity index (χ3n) is 14.7. The Morgan fingerprint density at radius 3 is 2.49 bits per heavy atom. The molecule has 7 rings (SSSR count). The Balaban J connectivity index is 1.11. The molecule has 1 aromatic rings. The van der Waals surface area contributed by atoms with Gasteiger partial charge in [0.2, 0.25) is 0 Å². The molecule has 1 aromatic carbocycles. The van der Waals surface area contributed by atoms with Crippen LogP contribution in [-0.4, -0.2) is 87.6 Å². The standard InChI is InChI=1S/C41H59NO7/c1-25-23-48-35(29(25)22-42-21-26(2)43)36(45)39(5,46)34-13-16-41(47)31-19-33(44)32-20-40(15-11-28(24-49-40)27-9-7-6-8-10-27)18-17-37(32,3)30(31)12-14-38(34,41)4/h6-11,15,19,25-26,28-30,32,34-36,42-43,45-47H,12-14,16-18,20-24H2,1-5H3/t25-,26+,28+,29-,30-,32-,34-,35+,36-,37-,38-,39+,40+,41+/m1/s1. The molecule has 5 N–H and O–H groups in total. The van der Waals surface area contributed by atoms with E-state index in [4.69, 9.17) is 9.47 Å². The van der Waals surface area contributed by atoms with E-state index in [1.165, 1.54) is 5.56 Å². The first-order valence-corrected chi connectivity index (χ1v) is 18.9. The van der Waals surface area contributed by atoms with Crippen LogP contribution < -0.4 is 5.32 Å². The van der Waals surface area contributed by atoms with Gasteiger partial charge in [0.1, 0.15) is 6.10 Å². The van der Waals surface area contributed by atoms with Gasteiger partial charge in [0.05, 0.1) is 42.2 Å². The lowest BCUT2D eigenvalue weighted by Crippen LogP contribution is -2.63. The molecule has 0 radical (unpaired) electrons. The smallest absolute Gasteiger partial charge is 0.159 e. The monoisotopic (exact) mass is 677 g/mol. The molecule has 8 heteroatoms. The number of hydrogen-bond donors (Lipinski definition) is 5. The predicted molar refractivity (Wildman–Crippen MR) is 188 cm³/mol. The number of rotatable bonds is 8. The Labute approximate surface area is 292 Å². The van der Waals surface area contributed by atoms with Crippen molar-refractivity contribution in [3.8, 4) is 0 Å². The molecule has 0 bridgehead atoms. The summed E-state index contributed by atoms with van der Waals surface area (Å²) in [6, 6.07) is 10.4. The number of hydrogen-bond acceptors (Lipinski definition) is 8. The van der Waals surface area contributed by atoms with Gasteiger partial charge in [0, 0.05) is 36.3 Å². The normalized spacial score (nSPS) is 45.6. The number of benzene rings is 1. The van der Waals surface area contributed by atoms with E-state index < -0.39 is 40.5 Å². The van der Waals surface area contributed by atoms with Crippen LogP contribution in [0.2, 0.25) is 0 Å². The number of fused-ring (bicyclic) bond motifs is 5. The molecule has 6 aliphatic rings. The first kappa shape index (κ1) is 35.5. The van der Waals surface area contributed by atoms with Crippen molar-refractivity contribution in [2.24, 2.45) is 40.4 Å². The maximum absolute atomic E-state index is 14.2. The molecule has 3 saturated carbocycles. The number of aliphatic hydroxyl groups is 4. The minimum absolute atomic E-state index is 0.0265. The molecule has 8 nitrogen and oxygen atoms in total. The van der Waals surface area contributed by atoms with E-state index >= 15 is 0 Å². The molecular formula is C41H59NO7. The van der Waals surface area contributed by atoms with Gasteiger partial charge in [0.15, 0.2) is 5.78 Å². The molecule has 0 unspecified atom stereocenters. The van der Waals surface area contributed by atoms with Crippen LogP contribution in [-0.2, 0) is 14.3 Å². The fraction of sp³-hybridized carbons (Fsp3) is 0.732. The highest BCUT2D eigenvalue weighted by atomic mass is 16.5. The minimum Gasteiger partial charge on any atom is -0.392 e. The molecule has 1 spiro atoms. The van der Waals surface area contributed by atoms with Gasteiger partial charge in [0.25, 0.3) is 0 Å². The van der Waals surface area contributed by atoms with Crippen molar-refractivity contribution < 1.29 is 34.7 Å². The third kappa shape index (κ3) is 5.64. The Hall–Kier alpha value is -1.91. The number of aliphatic hydroxyl groups excluding tert-OH is 2. The molecule has 4 aliphatic carbocycles. The molecule has 2 heterocycles. The predicted octanol–water partition coefficient (Wildman–Crippen LogP) is 4.70.